The highest BCUT2D eigenvalue weighted by Crippen LogP contribution is 2.24. The fourth-order valence-corrected chi connectivity index (χ4v) is 3.68. The van der Waals surface area contributed by atoms with E-state index >= 15 is 0 Å². The minimum Gasteiger partial charge on any atom is -0.506 e. The molecule has 4 rings (SSSR count). The Bertz CT molecular complexity index is 1120. The second kappa shape index (κ2) is 7.78. The number of aromatic nitrogens is 2. The van der Waals surface area contributed by atoms with Crippen LogP contribution in [0.25, 0.3) is 23.1 Å². The zero-order valence-corrected chi connectivity index (χ0v) is 15.8. The summed E-state index contributed by atoms with van der Waals surface area (Å²) in [5, 5.41) is 14.3. The van der Waals surface area contributed by atoms with Crippen LogP contribution in [-0.4, -0.2) is 15.1 Å². The summed E-state index contributed by atoms with van der Waals surface area (Å²) >= 11 is 7.35. The summed E-state index contributed by atoms with van der Waals surface area (Å²) < 4.78 is 0.547. The van der Waals surface area contributed by atoms with E-state index in [1.807, 2.05) is 60.7 Å². The standard InChI is InChI=1S/C21H16ClN3OS/c22-21-24-13-17(27-21)12-23-18-6-2-1-4-14(18)8-10-16-11-9-15-5-3-7-19(26)20(15)25-16/h1-11,13,23,26H,12H2. The van der Waals surface area contributed by atoms with Gasteiger partial charge in [-0.2, -0.15) is 0 Å². The molecule has 2 heterocycles. The van der Waals surface area contributed by atoms with Gasteiger partial charge in [0.25, 0.3) is 0 Å². The van der Waals surface area contributed by atoms with Crippen LogP contribution in [0, 0.1) is 0 Å². The van der Waals surface area contributed by atoms with Gasteiger partial charge in [-0.25, -0.2) is 9.97 Å². The highest BCUT2D eigenvalue weighted by molar-refractivity contribution is 7.15. The topological polar surface area (TPSA) is 58.0 Å². The summed E-state index contributed by atoms with van der Waals surface area (Å²) in [6.45, 7) is 0.664. The van der Waals surface area contributed by atoms with Crippen molar-refractivity contribution in [2.75, 3.05) is 5.32 Å². The number of phenols is 1. The Labute approximate surface area is 165 Å². The maximum atomic E-state index is 9.99. The molecular formula is C21H16ClN3OS. The van der Waals surface area contributed by atoms with Gasteiger partial charge in [-0.3, -0.25) is 0 Å². The molecule has 0 aliphatic carbocycles. The van der Waals surface area contributed by atoms with E-state index in [0.717, 1.165) is 27.2 Å². The predicted molar refractivity (Wildman–Crippen MR) is 113 cm³/mol. The minimum absolute atomic E-state index is 0.188. The first-order valence-electron chi connectivity index (χ1n) is 8.39. The predicted octanol–water partition coefficient (Wildman–Crippen LogP) is 5.83. The summed E-state index contributed by atoms with van der Waals surface area (Å²) in [7, 11) is 0. The molecular weight excluding hydrogens is 378 g/mol. The van der Waals surface area contributed by atoms with Gasteiger partial charge in [0.15, 0.2) is 4.47 Å². The molecule has 2 aromatic heterocycles. The molecule has 6 heteroatoms. The highest BCUT2D eigenvalue weighted by atomic mass is 35.5. The molecule has 0 saturated heterocycles. The first-order valence-corrected chi connectivity index (χ1v) is 9.58. The number of halogens is 1. The number of nitrogens with one attached hydrogen (secondary N) is 1. The van der Waals surface area contributed by atoms with E-state index in [-0.39, 0.29) is 5.75 Å². The molecule has 134 valence electrons. The third-order valence-electron chi connectivity index (χ3n) is 4.09. The van der Waals surface area contributed by atoms with Crippen molar-refractivity contribution in [1.82, 2.24) is 9.97 Å². The molecule has 0 saturated carbocycles. The van der Waals surface area contributed by atoms with Crippen LogP contribution in [0.1, 0.15) is 16.1 Å². The van der Waals surface area contributed by atoms with Crippen LogP contribution in [0.4, 0.5) is 5.69 Å². The molecule has 0 unspecified atom stereocenters. The van der Waals surface area contributed by atoms with Crippen LogP contribution in [-0.2, 0) is 6.54 Å². The smallest absolute Gasteiger partial charge is 0.183 e. The van der Waals surface area contributed by atoms with E-state index in [0.29, 0.717) is 16.5 Å². The van der Waals surface area contributed by atoms with Gasteiger partial charge in [0, 0.05) is 22.1 Å². The normalized spacial score (nSPS) is 11.3. The molecule has 0 fully saturated rings. The van der Waals surface area contributed by atoms with Crippen molar-refractivity contribution in [1.29, 1.82) is 0 Å². The SMILES string of the molecule is Oc1cccc2ccc(C=Cc3ccccc3NCc3cnc(Cl)s3)nc12. The van der Waals surface area contributed by atoms with Crippen LogP contribution in [0.2, 0.25) is 4.47 Å². The van der Waals surface area contributed by atoms with Gasteiger partial charge in [0.1, 0.15) is 11.3 Å². The number of thiazole rings is 1. The van der Waals surface area contributed by atoms with E-state index in [2.05, 4.69) is 15.3 Å². The van der Waals surface area contributed by atoms with Crippen molar-refractivity contribution in [2.45, 2.75) is 6.54 Å². The molecule has 0 amide bonds. The van der Waals surface area contributed by atoms with Crippen LogP contribution in [0.5, 0.6) is 5.75 Å². The number of aromatic hydroxyl groups is 1. The number of benzene rings is 2. The van der Waals surface area contributed by atoms with Gasteiger partial charge in [0.05, 0.1) is 12.2 Å². The van der Waals surface area contributed by atoms with Crippen molar-refractivity contribution in [3.8, 4) is 5.75 Å². The second-order valence-electron chi connectivity index (χ2n) is 5.94. The molecule has 4 aromatic rings. The number of pyridine rings is 1. The summed E-state index contributed by atoms with van der Waals surface area (Å²) in [5.41, 5.74) is 3.45. The van der Waals surface area contributed by atoms with Gasteiger partial charge >= 0.3 is 0 Å². The second-order valence-corrected chi connectivity index (χ2v) is 7.64. The van der Waals surface area contributed by atoms with Gasteiger partial charge in [0.2, 0.25) is 0 Å². The Morgan fingerprint density at radius 3 is 2.78 bits per heavy atom. The number of phenolic OH excluding ortho intramolecular Hbond substituents is 1. The molecule has 2 aromatic carbocycles. The number of rotatable bonds is 5. The van der Waals surface area contributed by atoms with Gasteiger partial charge in [-0.1, -0.05) is 54.1 Å². The third kappa shape index (κ3) is 4.10. The summed E-state index contributed by atoms with van der Waals surface area (Å²) in [5.74, 6) is 0.188. The molecule has 27 heavy (non-hydrogen) atoms. The van der Waals surface area contributed by atoms with Crippen molar-refractivity contribution in [2.24, 2.45) is 0 Å². The Morgan fingerprint density at radius 2 is 1.93 bits per heavy atom. The minimum atomic E-state index is 0.188. The molecule has 4 nitrogen and oxygen atoms in total. The maximum absolute atomic E-state index is 9.99. The summed E-state index contributed by atoms with van der Waals surface area (Å²) in [6.07, 6.45) is 5.73. The van der Waals surface area contributed by atoms with Crippen molar-refractivity contribution in [3.63, 3.8) is 0 Å². The summed E-state index contributed by atoms with van der Waals surface area (Å²) in [6, 6.07) is 17.3. The number of hydrogen-bond donors (Lipinski definition) is 2. The van der Waals surface area contributed by atoms with Crippen LogP contribution < -0.4 is 5.32 Å². The van der Waals surface area contributed by atoms with E-state index in [4.69, 9.17) is 11.6 Å². The zero-order valence-electron chi connectivity index (χ0n) is 14.3. The van der Waals surface area contributed by atoms with Crippen LogP contribution in [0.3, 0.4) is 0 Å². The Balaban J connectivity index is 1.56. The Hall–Kier alpha value is -2.89. The monoisotopic (exact) mass is 393 g/mol. The van der Waals surface area contributed by atoms with Crippen molar-refractivity contribution in [3.05, 3.63) is 81.4 Å². The summed E-state index contributed by atoms with van der Waals surface area (Å²) in [4.78, 5) is 9.67. The molecule has 0 radical (unpaired) electrons. The number of para-hydroxylation sites is 2. The van der Waals surface area contributed by atoms with Crippen LogP contribution >= 0.6 is 22.9 Å². The fraction of sp³-hybridized carbons (Fsp3) is 0.0476. The molecule has 0 aliphatic heterocycles. The van der Waals surface area contributed by atoms with Crippen LogP contribution in [0.15, 0.2) is 60.8 Å². The lowest BCUT2D eigenvalue weighted by Crippen LogP contribution is -1.99. The van der Waals surface area contributed by atoms with Crippen molar-refractivity contribution >= 4 is 51.7 Å². The van der Waals surface area contributed by atoms with E-state index in [1.165, 1.54) is 11.3 Å². The number of nitrogens with zero attached hydrogens (tertiary/aromatic N) is 2. The van der Waals surface area contributed by atoms with Gasteiger partial charge in [-0.05, 0) is 29.8 Å². The Kier molecular flexibility index (Phi) is 5.05. The number of hydrogen-bond acceptors (Lipinski definition) is 5. The quantitative estimate of drug-likeness (QED) is 0.447. The Morgan fingerprint density at radius 1 is 1.04 bits per heavy atom. The van der Waals surface area contributed by atoms with Gasteiger partial charge in [-0.15, -0.1) is 11.3 Å². The molecule has 0 spiro atoms. The average molecular weight is 394 g/mol. The molecule has 0 aliphatic rings. The van der Waals surface area contributed by atoms with E-state index < -0.39 is 0 Å². The van der Waals surface area contributed by atoms with Gasteiger partial charge < -0.3 is 10.4 Å². The first-order chi connectivity index (χ1) is 13.2. The lowest BCUT2D eigenvalue weighted by atomic mass is 10.1. The average Bonchev–Trinajstić information content (AvgIpc) is 3.11. The zero-order chi connectivity index (χ0) is 18.6. The largest absolute Gasteiger partial charge is 0.506 e. The molecule has 0 atom stereocenters. The maximum Gasteiger partial charge on any atom is 0.183 e. The van der Waals surface area contributed by atoms with E-state index in [1.54, 1.807) is 12.3 Å². The lowest BCUT2D eigenvalue weighted by Gasteiger charge is -2.08. The number of anilines is 1. The molecule has 0 bridgehead atoms. The number of fused-ring (bicyclic) bond motifs is 1. The van der Waals surface area contributed by atoms with E-state index in [9.17, 15) is 5.11 Å². The highest BCUT2D eigenvalue weighted by Gasteiger charge is 2.03. The molecule has 2 N–H and O–H groups in total. The van der Waals surface area contributed by atoms with Crippen molar-refractivity contribution < 1.29 is 5.11 Å². The fourth-order valence-electron chi connectivity index (χ4n) is 2.77. The third-order valence-corrected chi connectivity index (χ3v) is 5.21. The first kappa shape index (κ1) is 17.5. The lowest BCUT2D eigenvalue weighted by molar-refractivity contribution is 0.480.